The average molecular weight is 426 g/mol. The Morgan fingerprint density at radius 1 is 1.00 bits per heavy atom. The van der Waals surface area contributed by atoms with Gasteiger partial charge in [-0.05, 0) is 55.6 Å². The second-order valence-corrected chi connectivity index (χ2v) is 8.62. The second-order valence-electron chi connectivity index (χ2n) is 8.62. The van der Waals surface area contributed by atoms with Crippen LogP contribution in [0.1, 0.15) is 25.3 Å². The summed E-state index contributed by atoms with van der Waals surface area (Å²) in [6, 6.07) is 25.5. The fourth-order valence-corrected chi connectivity index (χ4v) is 4.70. The van der Waals surface area contributed by atoms with Crippen LogP contribution < -0.4 is 15.5 Å². The van der Waals surface area contributed by atoms with E-state index in [1.807, 2.05) is 66.7 Å². The average Bonchev–Trinajstić information content (AvgIpc) is 2.86. The summed E-state index contributed by atoms with van der Waals surface area (Å²) in [6.45, 7) is 4.10. The van der Waals surface area contributed by atoms with Gasteiger partial charge in [0.05, 0.1) is 10.9 Å². The van der Waals surface area contributed by atoms with E-state index in [2.05, 4.69) is 24.4 Å². The number of rotatable bonds is 5. The smallest absolute Gasteiger partial charge is 0.200 e. The summed E-state index contributed by atoms with van der Waals surface area (Å²) in [5, 5.41) is 4.04. The molecule has 1 N–H and O–H groups in total. The van der Waals surface area contributed by atoms with Crippen LogP contribution in [0.4, 0.5) is 0 Å². The van der Waals surface area contributed by atoms with E-state index in [0.717, 1.165) is 37.1 Å². The molecule has 0 aliphatic carbocycles. The molecular weight excluding hydrogens is 398 g/mol. The first-order valence-electron chi connectivity index (χ1n) is 11.2. The van der Waals surface area contributed by atoms with E-state index in [0.29, 0.717) is 28.2 Å². The molecule has 1 aliphatic heterocycles. The molecule has 1 fully saturated rings. The predicted molar refractivity (Wildman–Crippen MR) is 128 cm³/mol. The van der Waals surface area contributed by atoms with E-state index >= 15 is 0 Å². The molecule has 3 aromatic carbocycles. The Hall–Kier alpha value is -3.37. The summed E-state index contributed by atoms with van der Waals surface area (Å²) < 4.78 is 12.5. The molecule has 1 aliphatic rings. The van der Waals surface area contributed by atoms with Gasteiger partial charge in [-0.3, -0.25) is 4.79 Å². The van der Waals surface area contributed by atoms with Gasteiger partial charge in [0.1, 0.15) is 23.2 Å². The third kappa shape index (κ3) is 3.82. The minimum atomic E-state index is -0.514. The second kappa shape index (κ2) is 8.64. The molecule has 0 saturated carbocycles. The van der Waals surface area contributed by atoms with Crippen molar-refractivity contribution in [1.29, 1.82) is 0 Å². The van der Waals surface area contributed by atoms with Crippen molar-refractivity contribution < 1.29 is 9.15 Å². The lowest BCUT2D eigenvalue weighted by Crippen LogP contribution is -2.46. The third-order valence-corrected chi connectivity index (χ3v) is 6.58. The van der Waals surface area contributed by atoms with Gasteiger partial charge in [0.2, 0.25) is 5.43 Å². The van der Waals surface area contributed by atoms with Gasteiger partial charge in [0.15, 0.2) is 0 Å². The predicted octanol–water partition coefficient (Wildman–Crippen LogP) is 5.75. The Balaban J connectivity index is 1.57. The zero-order valence-electron chi connectivity index (χ0n) is 18.2. The van der Waals surface area contributed by atoms with E-state index in [1.165, 1.54) is 0 Å². The lowest BCUT2D eigenvalue weighted by molar-refractivity contribution is 0.0101. The van der Waals surface area contributed by atoms with E-state index in [-0.39, 0.29) is 5.43 Å². The van der Waals surface area contributed by atoms with Crippen LogP contribution in [0.15, 0.2) is 94.3 Å². The summed E-state index contributed by atoms with van der Waals surface area (Å²) in [4.78, 5) is 13.3. The highest BCUT2D eigenvalue weighted by atomic mass is 16.5. The van der Waals surface area contributed by atoms with Crippen LogP contribution in [-0.2, 0) is 5.60 Å². The van der Waals surface area contributed by atoms with Gasteiger partial charge in [-0.1, -0.05) is 60.7 Å². The molecule has 2 heterocycles. The molecule has 0 bridgehead atoms. The maximum absolute atomic E-state index is 13.3. The third-order valence-electron chi connectivity index (χ3n) is 6.58. The van der Waals surface area contributed by atoms with Gasteiger partial charge in [-0.25, -0.2) is 0 Å². The van der Waals surface area contributed by atoms with Crippen molar-refractivity contribution in [2.75, 3.05) is 13.1 Å². The normalized spacial score (nSPS) is 18.2. The molecule has 5 rings (SSSR count). The summed E-state index contributed by atoms with van der Waals surface area (Å²) >= 11 is 0. The minimum absolute atomic E-state index is 0.0522. The summed E-state index contributed by atoms with van der Waals surface area (Å²) in [5.74, 6) is 0.994. The monoisotopic (exact) mass is 425 g/mol. The molecule has 1 aromatic heterocycles. The van der Waals surface area contributed by atoms with Gasteiger partial charge in [-0.15, -0.1) is 0 Å². The van der Waals surface area contributed by atoms with E-state index in [4.69, 9.17) is 9.15 Å². The van der Waals surface area contributed by atoms with Crippen LogP contribution in [0.5, 0.6) is 5.75 Å². The summed E-state index contributed by atoms with van der Waals surface area (Å²) in [5.41, 5.74) is 2.53. The number of ether oxygens (including phenoxy) is 1. The first-order chi connectivity index (χ1) is 15.6. The Labute approximate surface area is 187 Å². The number of benzene rings is 3. The highest BCUT2D eigenvalue weighted by molar-refractivity contribution is 5.82. The van der Waals surface area contributed by atoms with Crippen molar-refractivity contribution in [1.82, 2.24) is 5.32 Å². The Kier molecular flexibility index (Phi) is 5.54. The van der Waals surface area contributed by atoms with Crippen LogP contribution in [0.3, 0.4) is 0 Å². The van der Waals surface area contributed by atoms with Crippen LogP contribution in [0, 0.1) is 5.92 Å². The molecule has 0 radical (unpaired) electrons. The van der Waals surface area contributed by atoms with Gasteiger partial charge in [0, 0.05) is 12.5 Å². The largest absolute Gasteiger partial charge is 0.483 e. The lowest BCUT2D eigenvalue weighted by Gasteiger charge is -2.40. The Morgan fingerprint density at radius 2 is 1.75 bits per heavy atom. The molecule has 162 valence electrons. The quantitative estimate of drug-likeness (QED) is 0.442. The number of piperidine rings is 1. The van der Waals surface area contributed by atoms with Crippen molar-refractivity contribution in [2.45, 2.75) is 25.4 Å². The zero-order valence-corrected chi connectivity index (χ0v) is 18.2. The highest BCUT2D eigenvalue weighted by Gasteiger charge is 2.39. The number of hydrogen-bond donors (Lipinski definition) is 1. The first-order valence-corrected chi connectivity index (χ1v) is 11.2. The van der Waals surface area contributed by atoms with Gasteiger partial charge >= 0.3 is 0 Å². The van der Waals surface area contributed by atoms with Crippen molar-refractivity contribution in [3.8, 4) is 16.9 Å². The van der Waals surface area contributed by atoms with Crippen LogP contribution in [0.25, 0.3) is 22.1 Å². The molecule has 32 heavy (non-hydrogen) atoms. The minimum Gasteiger partial charge on any atom is -0.483 e. The number of hydrogen-bond acceptors (Lipinski definition) is 4. The molecule has 4 heteroatoms. The molecule has 0 spiro atoms. The lowest BCUT2D eigenvalue weighted by atomic mass is 9.78. The van der Waals surface area contributed by atoms with E-state index < -0.39 is 5.60 Å². The van der Waals surface area contributed by atoms with Crippen molar-refractivity contribution in [2.24, 2.45) is 5.92 Å². The topological polar surface area (TPSA) is 51.5 Å². The standard InChI is InChI=1S/C28H27NO3/c1-28(21-11-6-3-7-12-21,22-13-8-16-29-18-22)32-23-14-15-26-24(17-23)27(30)25(19-31-26)20-9-4-2-5-10-20/h2-7,9-12,14-15,17,19,22,29H,8,13,16,18H2,1H3. The summed E-state index contributed by atoms with van der Waals surface area (Å²) in [6.07, 6.45) is 3.76. The fraction of sp³-hybridized carbons (Fsp3) is 0.250. The van der Waals surface area contributed by atoms with E-state index in [9.17, 15) is 4.79 Å². The number of fused-ring (bicyclic) bond motifs is 1. The van der Waals surface area contributed by atoms with Crippen molar-refractivity contribution in [3.05, 3.63) is 101 Å². The van der Waals surface area contributed by atoms with Gasteiger partial charge in [-0.2, -0.15) is 0 Å². The molecule has 1 saturated heterocycles. The molecular formula is C28H27NO3. The van der Waals surface area contributed by atoms with E-state index in [1.54, 1.807) is 6.26 Å². The molecule has 2 unspecified atom stereocenters. The van der Waals surface area contributed by atoms with Crippen LogP contribution >= 0.6 is 0 Å². The SMILES string of the molecule is CC(Oc1ccc2occ(-c3ccccc3)c(=O)c2c1)(c1ccccc1)C1CCCNC1. The Morgan fingerprint density at radius 3 is 2.47 bits per heavy atom. The zero-order chi connectivity index (χ0) is 22.0. The fourth-order valence-electron chi connectivity index (χ4n) is 4.70. The van der Waals surface area contributed by atoms with Gasteiger partial charge in [0.25, 0.3) is 0 Å². The van der Waals surface area contributed by atoms with Crippen LogP contribution in [0.2, 0.25) is 0 Å². The molecule has 2 atom stereocenters. The molecule has 0 amide bonds. The van der Waals surface area contributed by atoms with Crippen molar-refractivity contribution in [3.63, 3.8) is 0 Å². The van der Waals surface area contributed by atoms with Gasteiger partial charge < -0.3 is 14.5 Å². The molecule has 4 nitrogen and oxygen atoms in total. The number of nitrogens with one attached hydrogen (secondary N) is 1. The Bertz CT molecular complexity index is 1260. The maximum Gasteiger partial charge on any atom is 0.200 e. The summed E-state index contributed by atoms with van der Waals surface area (Å²) in [7, 11) is 0. The first kappa shape index (κ1) is 20.5. The van der Waals surface area contributed by atoms with Crippen LogP contribution in [-0.4, -0.2) is 13.1 Å². The highest BCUT2D eigenvalue weighted by Crippen LogP contribution is 2.38. The maximum atomic E-state index is 13.3. The molecule has 4 aromatic rings. The van der Waals surface area contributed by atoms with Crippen molar-refractivity contribution >= 4 is 11.0 Å².